The summed E-state index contributed by atoms with van der Waals surface area (Å²) in [6.07, 6.45) is 5.57. The second kappa shape index (κ2) is 5.93. The van der Waals surface area contributed by atoms with E-state index in [9.17, 15) is 0 Å². The summed E-state index contributed by atoms with van der Waals surface area (Å²) in [5, 5.41) is 8.08. The summed E-state index contributed by atoms with van der Waals surface area (Å²) in [7, 11) is 2.00. The van der Waals surface area contributed by atoms with E-state index >= 15 is 0 Å². The molecule has 6 rings (SSSR count). The molecule has 3 fully saturated rings. The largest absolute Gasteiger partial charge is 0.353 e. The van der Waals surface area contributed by atoms with Gasteiger partial charge in [0.25, 0.3) is 0 Å². The second-order valence-electron chi connectivity index (χ2n) is 9.85. The van der Waals surface area contributed by atoms with Crippen molar-refractivity contribution in [2.75, 3.05) is 23.3 Å². The first kappa shape index (κ1) is 18.1. The van der Waals surface area contributed by atoms with Gasteiger partial charge in [-0.15, -0.1) is 0 Å². The van der Waals surface area contributed by atoms with Crippen LogP contribution in [0.15, 0.2) is 12.1 Å². The summed E-state index contributed by atoms with van der Waals surface area (Å²) in [6, 6.07) is 4.21. The second-order valence-corrected chi connectivity index (χ2v) is 9.85. The normalized spacial score (nSPS) is 26.9. The van der Waals surface area contributed by atoms with Crippen molar-refractivity contribution < 1.29 is 0 Å². The van der Waals surface area contributed by atoms with Crippen LogP contribution in [-0.4, -0.2) is 37.8 Å². The molecule has 4 heterocycles. The molecular weight excluding hydrogens is 374 g/mol. The van der Waals surface area contributed by atoms with Gasteiger partial charge in [0.05, 0.1) is 17.9 Å². The zero-order valence-electron chi connectivity index (χ0n) is 18.3. The fourth-order valence-electron chi connectivity index (χ4n) is 6.42. The highest BCUT2D eigenvalue weighted by molar-refractivity contribution is 5.89. The van der Waals surface area contributed by atoms with Gasteiger partial charge in [0.15, 0.2) is 5.82 Å². The Balaban J connectivity index is 1.36. The minimum Gasteiger partial charge on any atom is -0.353 e. The third-order valence-corrected chi connectivity index (χ3v) is 7.68. The Morgan fingerprint density at radius 1 is 1.03 bits per heavy atom. The summed E-state index contributed by atoms with van der Waals surface area (Å²) in [5.74, 6) is 1.70. The van der Waals surface area contributed by atoms with Crippen LogP contribution < -0.4 is 10.2 Å². The van der Waals surface area contributed by atoms with E-state index in [1.165, 1.54) is 31.2 Å². The fourth-order valence-corrected chi connectivity index (χ4v) is 6.42. The van der Waals surface area contributed by atoms with Crippen LogP contribution in [0.3, 0.4) is 0 Å². The van der Waals surface area contributed by atoms with Crippen LogP contribution in [0, 0.1) is 31.6 Å². The van der Waals surface area contributed by atoms with Gasteiger partial charge in [-0.1, -0.05) is 6.42 Å². The molecule has 7 heteroatoms. The Labute approximate surface area is 176 Å². The van der Waals surface area contributed by atoms with Crippen molar-refractivity contribution in [3.8, 4) is 0 Å². The lowest BCUT2D eigenvalue weighted by Crippen LogP contribution is -2.28. The van der Waals surface area contributed by atoms with Gasteiger partial charge < -0.3 is 10.2 Å². The van der Waals surface area contributed by atoms with E-state index in [0.717, 1.165) is 47.0 Å². The van der Waals surface area contributed by atoms with Crippen molar-refractivity contribution in [1.82, 2.24) is 24.7 Å². The molecule has 0 amide bonds. The third kappa shape index (κ3) is 2.50. The number of hydrogen-bond acceptors (Lipinski definition) is 6. The molecule has 30 heavy (non-hydrogen) atoms. The predicted octanol–water partition coefficient (Wildman–Crippen LogP) is 3.68. The maximum Gasteiger partial charge on any atom is 0.225 e. The molecule has 0 spiro atoms. The number of hydrogen-bond donors (Lipinski definition) is 1. The maximum atomic E-state index is 5.01. The SMILES string of the molecule is Cc1cc(C)nc(CNc2nc(N3CC45CCCC4(C3)C5)c3c(n2)c(C)nn3C)c1. The molecule has 1 N–H and O–H groups in total. The lowest BCUT2D eigenvalue weighted by atomic mass is 10.0. The molecule has 2 aliphatic carbocycles. The monoisotopic (exact) mass is 403 g/mol. The molecule has 3 aromatic rings. The van der Waals surface area contributed by atoms with Crippen molar-refractivity contribution in [1.29, 1.82) is 0 Å². The minimum atomic E-state index is 0.550. The van der Waals surface area contributed by atoms with Crippen molar-refractivity contribution in [3.05, 3.63) is 34.8 Å². The molecule has 3 aromatic heterocycles. The van der Waals surface area contributed by atoms with Crippen molar-refractivity contribution in [2.45, 2.75) is 53.0 Å². The van der Waals surface area contributed by atoms with Gasteiger partial charge in [0.1, 0.15) is 11.0 Å². The quantitative estimate of drug-likeness (QED) is 0.717. The number of rotatable bonds is 4. The standard InChI is InChI=1S/C23H29N7/c1-14-8-15(2)25-17(9-14)10-24-21-26-18-16(3)28-29(4)19(18)20(27-21)30-12-22-6-5-7-23(22,11-22)13-30/h8-9H,5-7,10-13H2,1-4H3,(H,24,26,27). The Kier molecular flexibility index (Phi) is 3.58. The summed E-state index contributed by atoms with van der Waals surface area (Å²) < 4.78 is 1.95. The number of aryl methyl sites for hydroxylation is 4. The van der Waals surface area contributed by atoms with E-state index in [1.807, 2.05) is 25.6 Å². The average molecular weight is 404 g/mol. The lowest BCUT2D eigenvalue weighted by Gasteiger charge is -2.25. The zero-order valence-corrected chi connectivity index (χ0v) is 18.3. The molecular formula is C23H29N7. The molecule has 1 saturated heterocycles. The van der Waals surface area contributed by atoms with Crippen molar-refractivity contribution in [2.24, 2.45) is 17.9 Å². The summed E-state index contributed by atoms with van der Waals surface area (Å²) in [5.41, 5.74) is 7.31. The molecule has 2 unspecified atom stereocenters. The molecule has 156 valence electrons. The first-order valence-electron chi connectivity index (χ1n) is 11.0. The molecule has 7 nitrogen and oxygen atoms in total. The first-order chi connectivity index (χ1) is 14.4. The van der Waals surface area contributed by atoms with Gasteiger partial charge in [-0.3, -0.25) is 9.67 Å². The molecule has 3 aliphatic rings. The van der Waals surface area contributed by atoms with Gasteiger partial charge in [0, 0.05) is 25.8 Å². The first-order valence-corrected chi connectivity index (χ1v) is 11.0. The van der Waals surface area contributed by atoms with Crippen LogP contribution in [0.1, 0.15) is 48.3 Å². The Bertz CT molecular complexity index is 1140. The number of nitrogens with zero attached hydrogens (tertiary/aromatic N) is 6. The number of anilines is 2. The van der Waals surface area contributed by atoms with E-state index < -0.39 is 0 Å². The highest BCUT2D eigenvalue weighted by Gasteiger charge is 2.73. The molecule has 2 atom stereocenters. The van der Waals surface area contributed by atoms with Crippen LogP contribution >= 0.6 is 0 Å². The van der Waals surface area contributed by atoms with E-state index in [0.29, 0.717) is 23.3 Å². The molecule has 1 aliphatic heterocycles. The summed E-state index contributed by atoms with van der Waals surface area (Å²) >= 11 is 0. The highest BCUT2D eigenvalue weighted by atomic mass is 15.3. The number of aromatic nitrogens is 5. The number of fused-ring (bicyclic) bond motifs is 1. The third-order valence-electron chi connectivity index (χ3n) is 7.68. The summed E-state index contributed by atoms with van der Waals surface area (Å²) in [4.78, 5) is 17.0. The smallest absolute Gasteiger partial charge is 0.225 e. The van der Waals surface area contributed by atoms with Crippen LogP contribution in [0.4, 0.5) is 11.8 Å². The number of nitrogens with one attached hydrogen (secondary N) is 1. The van der Waals surface area contributed by atoms with Crippen LogP contribution in [0.25, 0.3) is 11.0 Å². The topological polar surface area (TPSA) is 71.8 Å². The zero-order chi connectivity index (χ0) is 20.7. The maximum absolute atomic E-state index is 5.01. The average Bonchev–Trinajstić information content (AvgIpc) is 2.89. The van der Waals surface area contributed by atoms with E-state index in [4.69, 9.17) is 9.97 Å². The van der Waals surface area contributed by atoms with Crippen LogP contribution in [-0.2, 0) is 13.6 Å². The lowest BCUT2D eigenvalue weighted by molar-refractivity contribution is 0.494. The Morgan fingerprint density at radius 2 is 1.80 bits per heavy atom. The van der Waals surface area contributed by atoms with Crippen molar-refractivity contribution in [3.63, 3.8) is 0 Å². The molecule has 0 aromatic carbocycles. The molecule has 0 radical (unpaired) electrons. The van der Waals surface area contributed by atoms with Gasteiger partial charge >= 0.3 is 0 Å². The van der Waals surface area contributed by atoms with E-state index in [-0.39, 0.29) is 0 Å². The number of piperidine rings is 1. The molecule has 0 bridgehead atoms. The highest BCUT2D eigenvalue weighted by Crippen LogP contribution is 2.77. The fraction of sp³-hybridized carbons (Fsp3) is 0.565. The summed E-state index contributed by atoms with van der Waals surface area (Å²) in [6.45, 7) is 9.03. The van der Waals surface area contributed by atoms with Crippen LogP contribution in [0.5, 0.6) is 0 Å². The van der Waals surface area contributed by atoms with E-state index in [1.54, 1.807) is 0 Å². The Hall–Kier alpha value is -2.70. The van der Waals surface area contributed by atoms with E-state index in [2.05, 4.69) is 39.4 Å². The van der Waals surface area contributed by atoms with Gasteiger partial charge in [-0.2, -0.15) is 10.1 Å². The van der Waals surface area contributed by atoms with Crippen molar-refractivity contribution >= 4 is 22.8 Å². The van der Waals surface area contributed by atoms with Crippen LogP contribution in [0.2, 0.25) is 0 Å². The molecule has 2 saturated carbocycles. The van der Waals surface area contributed by atoms with Gasteiger partial charge in [0.2, 0.25) is 5.95 Å². The predicted molar refractivity (Wildman–Crippen MR) is 118 cm³/mol. The number of pyridine rings is 1. The van der Waals surface area contributed by atoms with Gasteiger partial charge in [-0.25, -0.2) is 4.98 Å². The minimum absolute atomic E-state index is 0.550. The Morgan fingerprint density at radius 3 is 2.53 bits per heavy atom. The van der Waals surface area contributed by atoms with Gasteiger partial charge in [-0.05, 0) is 68.6 Å².